The predicted octanol–water partition coefficient (Wildman–Crippen LogP) is 4.08. The molecule has 0 unspecified atom stereocenters. The lowest BCUT2D eigenvalue weighted by Gasteiger charge is -2.16. The van der Waals surface area contributed by atoms with E-state index < -0.39 is 4.92 Å². The number of nitro groups is 1. The van der Waals surface area contributed by atoms with Crippen LogP contribution in [0.4, 0.5) is 10.1 Å². The molecule has 30 heavy (non-hydrogen) atoms. The molecule has 0 fully saturated rings. The molecule has 158 valence electrons. The number of nitro benzene ring substituents is 1. The predicted molar refractivity (Wildman–Crippen MR) is 113 cm³/mol. The van der Waals surface area contributed by atoms with Crippen molar-refractivity contribution < 1.29 is 14.1 Å². The van der Waals surface area contributed by atoms with Crippen LogP contribution >= 0.6 is 0 Å². The summed E-state index contributed by atoms with van der Waals surface area (Å²) < 4.78 is 21.4. The van der Waals surface area contributed by atoms with E-state index in [1.165, 1.54) is 18.2 Å². The van der Waals surface area contributed by atoms with Gasteiger partial charge < -0.3 is 9.64 Å². The Labute approximate surface area is 174 Å². The molecule has 3 aromatic rings. The van der Waals surface area contributed by atoms with E-state index in [2.05, 4.69) is 10.00 Å². The van der Waals surface area contributed by atoms with Crippen LogP contribution in [0.15, 0.2) is 54.6 Å². The van der Waals surface area contributed by atoms with Gasteiger partial charge in [0.15, 0.2) is 0 Å². The fourth-order valence-electron chi connectivity index (χ4n) is 3.11. The third-order valence-corrected chi connectivity index (χ3v) is 4.85. The fourth-order valence-corrected chi connectivity index (χ4v) is 3.11. The van der Waals surface area contributed by atoms with Crippen LogP contribution in [0.2, 0.25) is 0 Å². The van der Waals surface area contributed by atoms with Gasteiger partial charge in [-0.05, 0) is 37.6 Å². The summed E-state index contributed by atoms with van der Waals surface area (Å²) in [5, 5.41) is 15.0. The van der Waals surface area contributed by atoms with Crippen LogP contribution in [-0.2, 0) is 13.5 Å². The zero-order valence-electron chi connectivity index (χ0n) is 17.1. The van der Waals surface area contributed by atoms with Gasteiger partial charge >= 0.3 is 0 Å². The van der Waals surface area contributed by atoms with E-state index in [-0.39, 0.29) is 11.5 Å². The molecule has 0 N–H and O–H groups in total. The first-order chi connectivity index (χ1) is 14.4. The molecule has 0 spiro atoms. The maximum absolute atomic E-state index is 13.9. The van der Waals surface area contributed by atoms with Gasteiger partial charge in [-0.25, -0.2) is 9.07 Å². The second-order valence-electron chi connectivity index (χ2n) is 7.15. The van der Waals surface area contributed by atoms with Gasteiger partial charge in [-0.1, -0.05) is 24.3 Å². The molecule has 2 aromatic carbocycles. The topological polar surface area (TPSA) is 73.4 Å². The normalized spacial score (nSPS) is 11.1. The molecule has 0 saturated heterocycles. The first kappa shape index (κ1) is 21.4. The molecule has 1 aromatic heterocycles. The molecule has 0 saturated carbocycles. The molecule has 0 aliphatic carbocycles. The van der Waals surface area contributed by atoms with Crippen molar-refractivity contribution in [3.63, 3.8) is 0 Å². The summed E-state index contributed by atoms with van der Waals surface area (Å²) in [6.07, 6.45) is 1.65. The summed E-state index contributed by atoms with van der Waals surface area (Å²) in [4.78, 5) is 12.5. The Kier molecular flexibility index (Phi) is 7.13. The first-order valence-corrected chi connectivity index (χ1v) is 9.77. The number of hydrogen-bond acceptors (Lipinski definition) is 5. The minimum atomic E-state index is -0.391. The molecule has 0 aliphatic heterocycles. The van der Waals surface area contributed by atoms with E-state index in [0.717, 1.165) is 31.5 Å². The molecule has 0 bridgehead atoms. The minimum absolute atomic E-state index is 0.109. The van der Waals surface area contributed by atoms with Crippen LogP contribution in [0, 0.1) is 15.9 Å². The van der Waals surface area contributed by atoms with Crippen LogP contribution in [-0.4, -0.2) is 46.3 Å². The third-order valence-electron chi connectivity index (χ3n) is 4.85. The van der Waals surface area contributed by atoms with Crippen molar-refractivity contribution in [3.8, 4) is 17.1 Å². The zero-order chi connectivity index (χ0) is 21.5. The monoisotopic (exact) mass is 412 g/mol. The van der Waals surface area contributed by atoms with Crippen LogP contribution in [0.5, 0.6) is 5.88 Å². The maximum Gasteiger partial charge on any atom is 0.269 e. The van der Waals surface area contributed by atoms with Crippen molar-refractivity contribution in [1.82, 2.24) is 14.7 Å². The number of aryl methyl sites for hydroxylation is 1. The van der Waals surface area contributed by atoms with E-state index >= 15 is 0 Å². The van der Waals surface area contributed by atoms with E-state index in [1.54, 1.807) is 48.1 Å². The van der Waals surface area contributed by atoms with E-state index in [0.29, 0.717) is 23.7 Å². The highest BCUT2D eigenvalue weighted by Gasteiger charge is 2.12. The highest BCUT2D eigenvalue weighted by Crippen LogP contribution is 2.25. The molecular weight excluding hydrogens is 387 g/mol. The Morgan fingerprint density at radius 2 is 1.90 bits per heavy atom. The Hall–Kier alpha value is -3.26. The minimum Gasteiger partial charge on any atom is -0.478 e. The van der Waals surface area contributed by atoms with Crippen LogP contribution in [0.1, 0.15) is 12.0 Å². The lowest BCUT2D eigenvalue weighted by molar-refractivity contribution is -0.384. The number of benzene rings is 2. The summed E-state index contributed by atoms with van der Waals surface area (Å²) >= 11 is 0. The molecule has 0 aliphatic rings. The number of hydrogen-bond donors (Lipinski definition) is 0. The van der Waals surface area contributed by atoms with Gasteiger partial charge in [0.05, 0.1) is 17.2 Å². The fraction of sp³-hybridized carbons (Fsp3) is 0.318. The second-order valence-corrected chi connectivity index (χ2v) is 7.15. The van der Waals surface area contributed by atoms with E-state index in [1.807, 2.05) is 7.05 Å². The number of rotatable bonds is 10. The molecule has 3 rings (SSSR count). The SMILES string of the molecule is CN(CCCOc1cc(-c2ccccc2F)nn1C)CCc1ccc([N+](=O)[O-])cc1. The number of likely N-dealkylation sites (N-methyl/N-ethyl adjacent to an activating group) is 1. The first-order valence-electron chi connectivity index (χ1n) is 9.77. The van der Waals surface area contributed by atoms with Crippen molar-refractivity contribution in [1.29, 1.82) is 0 Å². The summed E-state index contributed by atoms with van der Waals surface area (Å²) in [7, 11) is 3.81. The third kappa shape index (κ3) is 5.64. The molecule has 0 radical (unpaired) electrons. The Bertz CT molecular complexity index is 988. The molecule has 1 heterocycles. The van der Waals surface area contributed by atoms with Crippen LogP contribution in [0.25, 0.3) is 11.3 Å². The number of nitrogens with zero attached hydrogens (tertiary/aromatic N) is 4. The average Bonchev–Trinajstić information content (AvgIpc) is 3.10. The van der Waals surface area contributed by atoms with Crippen molar-refractivity contribution in [2.24, 2.45) is 7.05 Å². The van der Waals surface area contributed by atoms with Crippen molar-refractivity contribution in [3.05, 3.63) is 76.1 Å². The summed E-state index contributed by atoms with van der Waals surface area (Å²) in [5.41, 5.74) is 2.18. The van der Waals surface area contributed by atoms with Crippen molar-refractivity contribution in [2.45, 2.75) is 12.8 Å². The highest BCUT2D eigenvalue weighted by atomic mass is 19.1. The lowest BCUT2D eigenvalue weighted by Crippen LogP contribution is -2.23. The zero-order valence-corrected chi connectivity index (χ0v) is 17.1. The summed E-state index contributed by atoms with van der Waals surface area (Å²) in [6.45, 7) is 2.23. The van der Waals surface area contributed by atoms with E-state index in [4.69, 9.17) is 4.74 Å². The Morgan fingerprint density at radius 3 is 2.60 bits per heavy atom. The second kappa shape index (κ2) is 9.98. The Morgan fingerprint density at radius 1 is 1.17 bits per heavy atom. The van der Waals surface area contributed by atoms with Crippen molar-refractivity contribution in [2.75, 3.05) is 26.7 Å². The Balaban J connectivity index is 1.41. The molecular formula is C22H25FN4O3. The molecule has 8 heteroatoms. The van der Waals surface area contributed by atoms with Gasteiger partial charge in [-0.15, -0.1) is 0 Å². The van der Waals surface area contributed by atoms with Gasteiger partial charge in [-0.2, -0.15) is 5.10 Å². The van der Waals surface area contributed by atoms with Gasteiger partial charge in [0.2, 0.25) is 5.88 Å². The summed E-state index contributed by atoms with van der Waals surface area (Å²) in [6, 6.07) is 14.9. The largest absolute Gasteiger partial charge is 0.478 e. The quantitative estimate of drug-likeness (QED) is 0.285. The molecule has 0 amide bonds. The van der Waals surface area contributed by atoms with Gasteiger partial charge in [-0.3, -0.25) is 10.1 Å². The number of aromatic nitrogens is 2. The van der Waals surface area contributed by atoms with Gasteiger partial charge in [0.25, 0.3) is 5.69 Å². The lowest BCUT2D eigenvalue weighted by atomic mass is 10.1. The number of halogens is 1. The standard InChI is InChI=1S/C22H25FN4O3/c1-25(14-12-17-8-10-18(11-9-17)27(28)29)13-5-15-30-22-16-21(24-26(22)2)19-6-3-4-7-20(19)23/h3-4,6-11,16H,5,12-15H2,1-2H3. The average molecular weight is 412 g/mol. The molecule has 7 nitrogen and oxygen atoms in total. The number of non-ortho nitro benzene ring substituents is 1. The summed E-state index contributed by atoms with van der Waals surface area (Å²) in [5.74, 6) is 0.290. The van der Waals surface area contributed by atoms with Crippen LogP contribution in [0.3, 0.4) is 0 Å². The van der Waals surface area contributed by atoms with Crippen molar-refractivity contribution >= 4 is 5.69 Å². The van der Waals surface area contributed by atoms with Crippen LogP contribution < -0.4 is 4.74 Å². The smallest absolute Gasteiger partial charge is 0.269 e. The van der Waals surface area contributed by atoms with E-state index in [9.17, 15) is 14.5 Å². The highest BCUT2D eigenvalue weighted by molar-refractivity contribution is 5.60. The number of ether oxygens (including phenoxy) is 1. The van der Waals surface area contributed by atoms with Gasteiger partial charge in [0.1, 0.15) is 5.82 Å². The molecule has 0 atom stereocenters. The maximum atomic E-state index is 13.9. The van der Waals surface area contributed by atoms with Gasteiger partial charge in [0, 0.05) is 43.9 Å².